The first kappa shape index (κ1) is 10.1. The number of benzene rings is 1. The van der Waals surface area contributed by atoms with E-state index in [-0.39, 0.29) is 11.6 Å². The summed E-state index contributed by atoms with van der Waals surface area (Å²) in [5.41, 5.74) is 0.424. The average molecular weight is 186 g/mol. The number of halogens is 2. The second-order valence-corrected chi connectivity index (χ2v) is 4.18. The molecule has 0 aliphatic rings. The molecule has 0 aliphatic heterocycles. The first-order chi connectivity index (χ1) is 5.88. The molecule has 72 valence electrons. The van der Waals surface area contributed by atoms with E-state index in [1.165, 1.54) is 12.1 Å². The fraction of sp³-hybridized carbons (Fsp3) is 0.400. The van der Waals surface area contributed by atoms with Gasteiger partial charge in [0.05, 0.1) is 21.1 Å². The molecule has 0 bridgehead atoms. The molecule has 0 saturated heterocycles. The molecule has 1 rings (SSSR count). The van der Waals surface area contributed by atoms with Crippen molar-refractivity contribution < 1.29 is 13.3 Å². The van der Waals surface area contributed by atoms with Crippen LogP contribution in [0.15, 0.2) is 18.2 Å². The Morgan fingerprint density at radius 2 is 1.77 bits per heavy atom. The molecule has 0 aromatic heterocycles. The van der Waals surface area contributed by atoms with Crippen LogP contribution in [0.4, 0.5) is 8.78 Å². The van der Waals surface area contributed by atoms with E-state index in [9.17, 15) is 8.78 Å². The van der Waals surface area contributed by atoms with Crippen LogP contribution in [0, 0.1) is 11.6 Å². The van der Waals surface area contributed by atoms with Gasteiger partial charge < -0.3 is 4.48 Å². The van der Waals surface area contributed by atoms with Gasteiger partial charge in [0.1, 0.15) is 18.2 Å². The summed E-state index contributed by atoms with van der Waals surface area (Å²) in [6.45, 7) is 0.490. The quantitative estimate of drug-likeness (QED) is 0.621. The first-order valence-electron chi connectivity index (χ1n) is 4.13. The Bertz CT molecular complexity index is 302. The van der Waals surface area contributed by atoms with Crippen molar-refractivity contribution in [3.8, 4) is 0 Å². The van der Waals surface area contributed by atoms with Crippen molar-refractivity contribution in [1.82, 2.24) is 0 Å². The van der Waals surface area contributed by atoms with E-state index < -0.39 is 0 Å². The molecule has 1 aromatic rings. The minimum atomic E-state index is -0.384. The molecule has 1 aromatic carbocycles. The maximum absolute atomic E-state index is 13.1. The van der Waals surface area contributed by atoms with E-state index in [4.69, 9.17) is 0 Å². The highest BCUT2D eigenvalue weighted by molar-refractivity contribution is 5.17. The van der Waals surface area contributed by atoms with E-state index in [0.29, 0.717) is 16.6 Å². The molecular formula is C10H14F2N+. The first-order valence-corrected chi connectivity index (χ1v) is 4.13. The van der Waals surface area contributed by atoms with Crippen molar-refractivity contribution >= 4 is 0 Å². The molecule has 0 N–H and O–H groups in total. The summed E-state index contributed by atoms with van der Waals surface area (Å²) in [6, 6.07) is 3.55. The van der Waals surface area contributed by atoms with Crippen LogP contribution in [0.1, 0.15) is 5.56 Å². The zero-order valence-electron chi connectivity index (χ0n) is 8.14. The third kappa shape index (κ3) is 3.11. The number of hydrogen-bond donors (Lipinski definition) is 0. The second kappa shape index (κ2) is 3.42. The van der Waals surface area contributed by atoms with Gasteiger partial charge in [-0.25, -0.2) is 8.78 Å². The van der Waals surface area contributed by atoms with Gasteiger partial charge in [0.15, 0.2) is 0 Å². The normalized spacial score (nSPS) is 11.8. The smallest absolute Gasteiger partial charge is 0.132 e. The Balaban J connectivity index is 2.94. The van der Waals surface area contributed by atoms with Gasteiger partial charge in [0.2, 0.25) is 0 Å². The SMILES string of the molecule is C[N+](C)(C)Cc1cc(F)ccc1F. The van der Waals surface area contributed by atoms with Gasteiger partial charge in [-0.3, -0.25) is 0 Å². The predicted octanol–water partition coefficient (Wildman–Crippen LogP) is 2.17. The molecule has 0 spiro atoms. The summed E-state index contributed by atoms with van der Waals surface area (Å²) in [7, 11) is 5.80. The lowest BCUT2D eigenvalue weighted by Gasteiger charge is -2.24. The molecule has 0 radical (unpaired) electrons. The van der Waals surface area contributed by atoms with Gasteiger partial charge in [0.25, 0.3) is 0 Å². The summed E-state index contributed by atoms with van der Waals surface area (Å²) >= 11 is 0. The molecule has 1 nitrogen and oxygen atoms in total. The summed E-state index contributed by atoms with van der Waals surface area (Å²) in [5.74, 6) is -0.723. The van der Waals surface area contributed by atoms with Crippen LogP contribution in [0.2, 0.25) is 0 Å². The molecule has 13 heavy (non-hydrogen) atoms. The Kier molecular flexibility index (Phi) is 2.66. The molecule has 0 aliphatic carbocycles. The van der Waals surface area contributed by atoms with E-state index >= 15 is 0 Å². The van der Waals surface area contributed by atoms with E-state index in [2.05, 4.69) is 0 Å². The van der Waals surface area contributed by atoms with Gasteiger partial charge in [0, 0.05) is 5.56 Å². The lowest BCUT2D eigenvalue weighted by molar-refractivity contribution is -0.884. The van der Waals surface area contributed by atoms with Crippen molar-refractivity contribution in [2.45, 2.75) is 6.54 Å². The maximum Gasteiger partial charge on any atom is 0.132 e. The third-order valence-electron chi connectivity index (χ3n) is 1.65. The van der Waals surface area contributed by atoms with Crippen LogP contribution in [0.25, 0.3) is 0 Å². The standard InChI is InChI=1S/C10H14F2N/c1-13(2,3)7-8-6-9(11)4-5-10(8)12/h4-6H,7H2,1-3H3/q+1. The monoisotopic (exact) mass is 186 g/mol. The highest BCUT2D eigenvalue weighted by Gasteiger charge is 2.12. The van der Waals surface area contributed by atoms with Crippen LogP contribution >= 0.6 is 0 Å². The Morgan fingerprint density at radius 3 is 2.31 bits per heavy atom. The van der Waals surface area contributed by atoms with Crippen LogP contribution in [0.3, 0.4) is 0 Å². The maximum atomic E-state index is 13.1. The fourth-order valence-corrected chi connectivity index (χ4v) is 1.18. The molecule has 0 heterocycles. The second-order valence-electron chi connectivity index (χ2n) is 4.18. The van der Waals surface area contributed by atoms with Gasteiger partial charge in [-0.05, 0) is 18.2 Å². The molecule has 0 unspecified atom stereocenters. The van der Waals surface area contributed by atoms with Gasteiger partial charge in [-0.1, -0.05) is 0 Å². The topological polar surface area (TPSA) is 0 Å². The fourth-order valence-electron chi connectivity index (χ4n) is 1.18. The van der Waals surface area contributed by atoms with Crippen LogP contribution in [-0.2, 0) is 6.54 Å². The lowest BCUT2D eigenvalue weighted by Crippen LogP contribution is -2.33. The zero-order valence-corrected chi connectivity index (χ0v) is 8.14. The van der Waals surface area contributed by atoms with Crippen molar-refractivity contribution in [3.05, 3.63) is 35.4 Å². The van der Waals surface area contributed by atoms with E-state index in [1.54, 1.807) is 0 Å². The summed E-state index contributed by atoms with van der Waals surface area (Å²) in [5, 5.41) is 0. The van der Waals surface area contributed by atoms with Gasteiger partial charge in [-0.15, -0.1) is 0 Å². The van der Waals surface area contributed by atoms with Crippen LogP contribution in [0.5, 0.6) is 0 Å². The number of nitrogens with zero attached hydrogens (tertiary/aromatic N) is 1. The number of quaternary nitrogens is 1. The van der Waals surface area contributed by atoms with Gasteiger partial charge in [-0.2, -0.15) is 0 Å². The number of hydrogen-bond acceptors (Lipinski definition) is 0. The minimum Gasteiger partial charge on any atom is -0.327 e. The van der Waals surface area contributed by atoms with Crippen molar-refractivity contribution in [3.63, 3.8) is 0 Å². The minimum absolute atomic E-state index is 0.338. The Labute approximate surface area is 77.2 Å². The van der Waals surface area contributed by atoms with Crippen molar-refractivity contribution in [2.75, 3.05) is 21.1 Å². The largest absolute Gasteiger partial charge is 0.327 e. The molecule has 3 heteroatoms. The van der Waals surface area contributed by atoms with Crippen molar-refractivity contribution in [1.29, 1.82) is 0 Å². The van der Waals surface area contributed by atoms with Gasteiger partial charge >= 0.3 is 0 Å². The predicted molar refractivity (Wildman–Crippen MR) is 48.1 cm³/mol. The highest BCUT2D eigenvalue weighted by atomic mass is 19.1. The van der Waals surface area contributed by atoms with Crippen LogP contribution < -0.4 is 0 Å². The molecular weight excluding hydrogens is 172 g/mol. The molecule has 0 amide bonds. The Hall–Kier alpha value is -0.960. The Morgan fingerprint density at radius 1 is 1.15 bits per heavy atom. The van der Waals surface area contributed by atoms with E-state index in [1.807, 2.05) is 21.1 Å². The average Bonchev–Trinajstić information content (AvgIpc) is 1.94. The summed E-state index contributed by atoms with van der Waals surface area (Å²) in [6.07, 6.45) is 0. The third-order valence-corrected chi connectivity index (χ3v) is 1.65. The number of rotatable bonds is 2. The zero-order chi connectivity index (χ0) is 10.1. The highest BCUT2D eigenvalue weighted by Crippen LogP contribution is 2.13. The van der Waals surface area contributed by atoms with Crippen molar-refractivity contribution in [2.24, 2.45) is 0 Å². The molecule has 0 fully saturated rings. The molecule has 0 saturated carbocycles. The van der Waals surface area contributed by atoms with E-state index in [0.717, 1.165) is 6.07 Å². The lowest BCUT2D eigenvalue weighted by atomic mass is 10.2. The van der Waals surface area contributed by atoms with Crippen LogP contribution in [-0.4, -0.2) is 25.6 Å². The summed E-state index contributed by atoms with van der Waals surface area (Å²) < 4.78 is 26.5. The summed E-state index contributed by atoms with van der Waals surface area (Å²) in [4.78, 5) is 0. The molecule has 0 atom stereocenters.